The van der Waals surface area contributed by atoms with E-state index in [0.717, 1.165) is 6.42 Å². The summed E-state index contributed by atoms with van der Waals surface area (Å²) in [5, 5.41) is 19.0. The zero-order valence-electron chi connectivity index (χ0n) is 11.6. The van der Waals surface area contributed by atoms with Gasteiger partial charge in [-0.25, -0.2) is 14.8 Å². The first kappa shape index (κ1) is 14.0. The number of nitrogens with one attached hydrogen (secondary N) is 2. The topological polar surface area (TPSA) is 122 Å². The quantitative estimate of drug-likeness (QED) is 0.754. The lowest BCUT2D eigenvalue weighted by atomic mass is 10.1. The summed E-state index contributed by atoms with van der Waals surface area (Å²) in [7, 11) is 0. The van der Waals surface area contributed by atoms with Gasteiger partial charge in [-0.1, -0.05) is 0 Å². The van der Waals surface area contributed by atoms with Gasteiger partial charge < -0.3 is 15.7 Å². The Hall–Kier alpha value is -2.97. The monoisotopic (exact) mass is 302 g/mol. The van der Waals surface area contributed by atoms with E-state index in [-0.39, 0.29) is 23.5 Å². The standard InChI is InChI=1S/C13H14N6O3/c20-10-2-1-9(6-16-10)19-7-8(5-17-19)18-12-11(13(21)22)14-3-4-15-12/h3-5,7,9H,1-2,6H2,(H,15,18)(H,16,20)(H,21,22). The van der Waals surface area contributed by atoms with Crippen LogP contribution in [0.1, 0.15) is 29.4 Å². The van der Waals surface area contributed by atoms with Crippen molar-refractivity contribution < 1.29 is 14.7 Å². The minimum Gasteiger partial charge on any atom is -0.476 e. The number of hydrogen-bond donors (Lipinski definition) is 3. The molecule has 1 aliphatic rings. The van der Waals surface area contributed by atoms with Crippen LogP contribution < -0.4 is 10.6 Å². The zero-order valence-corrected chi connectivity index (χ0v) is 11.6. The number of anilines is 2. The molecule has 1 saturated heterocycles. The molecule has 9 nitrogen and oxygen atoms in total. The third-order valence-electron chi connectivity index (χ3n) is 3.38. The lowest BCUT2D eigenvalue weighted by Gasteiger charge is -2.22. The smallest absolute Gasteiger partial charge is 0.358 e. The molecule has 0 radical (unpaired) electrons. The maximum Gasteiger partial charge on any atom is 0.358 e. The third-order valence-corrected chi connectivity index (χ3v) is 3.38. The summed E-state index contributed by atoms with van der Waals surface area (Å²) < 4.78 is 1.75. The number of aromatic nitrogens is 4. The van der Waals surface area contributed by atoms with Crippen molar-refractivity contribution in [1.29, 1.82) is 0 Å². The highest BCUT2D eigenvalue weighted by Gasteiger charge is 2.20. The van der Waals surface area contributed by atoms with E-state index in [0.29, 0.717) is 18.7 Å². The molecule has 1 amide bonds. The summed E-state index contributed by atoms with van der Waals surface area (Å²) in [6.07, 6.45) is 7.26. The van der Waals surface area contributed by atoms with E-state index < -0.39 is 5.97 Å². The van der Waals surface area contributed by atoms with Crippen molar-refractivity contribution in [3.63, 3.8) is 0 Å². The Labute approximate surface area is 125 Å². The van der Waals surface area contributed by atoms with Crippen LogP contribution in [0.3, 0.4) is 0 Å². The normalized spacial score (nSPS) is 17.8. The first-order valence-corrected chi connectivity index (χ1v) is 6.75. The number of amides is 1. The molecule has 3 heterocycles. The van der Waals surface area contributed by atoms with Crippen LogP contribution in [0.5, 0.6) is 0 Å². The lowest BCUT2D eigenvalue weighted by Crippen LogP contribution is -2.36. The molecule has 3 N–H and O–H groups in total. The van der Waals surface area contributed by atoms with Crippen molar-refractivity contribution in [2.75, 3.05) is 11.9 Å². The van der Waals surface area contributed by atoms with Crippen LogP contribution in [0.2, 0.25) is 0 Å². The second kappa shape index (κ2) is 5.80. The molecule has 1 aliphatic heterocycles. The molecular weight excluding hydrogens is 288 g/mol. The van der Waals surface area contributed by atoms with Gasteiger partial charge in [0.1, 0.15) is 0 Å². The summed E-state index contributed by atoms with van der Waals surface area (Å²) in [6, 6.07) is 0.0917. The van der Waals surface area contributed by atoms with Crippen LogP contribution in [0.4, 0.5) is 11.5 Å². The Bertz CT molecular complexity index is 703. The van der Waals surface area contributed by atoms with Gasteiger partial charge in [-0.05, 0) is 6.42 Å². The van der Waals surface area contributed by atoms with Gasteiger partial charge in [0.25, 0.3) is 0 Å². The molecule has 0 aromatic carbocycles. The van der Waals surface area contributed by atoms with Gasteiger partial charge in [0.2, 0.25) is 5.91 Å². The van der Waals surface area contributed by atoms with E-state index in [1.807, 2.05) is 0 Å². The lowest BCUT2D eigenvalue weighted by molar-refractivity contribution is -0.122. The van der Waals surface area contributed by atoms with Gasteiger partial charge in [-0.15, -0.1) is 0 Å². The fourth-order valence-corrected chi connectivity index (χ4v) is 2.27. The molecule has 1 unspecified atom stereocenters. The van der Waals surface area contributed by atoms with Crippen molar-refractivity contribution in [2.45, 2.75) is 18.9 Å². The first-order valence-electron chi connectivity index (χ1n) is 6.75. The van der Waals surface area contributed by atoms with Crippen molar-refractivity contribution in [2.24, 2.45) is 0 Å². The number of carbonyl (C=O) groups excluding carboxylic acids is 1. The predicted octanol–water partition coefficient (Wildman–Crippen LogP) is 0.566. The SMILES string of the molecule is O=C1CCC(n2cc(Nc3nccnc3C(=O)O)cn2)CN1. The van der Waals surface area contributed by atoms with Gasteiger partial charge in [-0.2, -0.15) is 5.10 Å². The number of aromatic carboxylic acids is 1. The number of carboxylic acids is 1. The highest BCUT2D eigenvalue weighted by Crippen LogP contribution is 2.21. The highest BCUT2D eigenvalue weighted by molar-refractivity contribution is 5.91. The van der Waals surface area contributed by atoms with E-state index in [2.05, 4.69) is 25.7 Å². The summed E-state index contributed by atoms with van der Waals surface area (Å²) in [5.74, 6) is -0.947. The molecular formula is C13H14N6O3. The summed E-state index contributed by atoms with van der Waals surface area (Å²) in [6.45, 7) is 0.533. The second-order valence-electron chi connectivity index (χ2n) is 4.89. The van der Waals surface area contributed by atoms with Crippen LogP contribution in [0.25, 0.3) is 0 Å². The van der Waals surface area contributed by atoms with Gasteiger partial charge in [0.15, 0.2) is 11.5 Å². The number of piperidine rings is 1. The number of carboxylic acid groups (broad SMARTS) is 1. The molecule has 1 atom stereocenters. The van der Waals surface area contributed by atoms with Crippen LogP contribution in [-0.4, -0.2) is 43.3 Å². The van der Waals surface area contributed by atoms with Crippen molar-refractivity contribution in [1.82, 2.24) is 25.1 Å². The molecule has 0 aliphatic carbocycles. The summed E-state index contributed by atoms with van der Waals surface area (Å²) in [5.41, 5.74) is 0.458. The Morgan fingerprint density at radius 3 is 2.95 bits per heavy atom. The van der Waals surface area contributed by atoms with Gasteiger partial charge in [0, 0.05) is 31.6 Å². The average molecular weight is 302 g/mol. The molecule has 3 rings (SSSR count). The molecule has 2 aromatic heterocycles. The number of carbonyl (C=O) groups is 2. The first-order chi connectivity index (χ1) is 10.6. The largest absolute Gasteiger partial charge is 0.476 e. The zero-order chi connectivity index (χ0) is 15.5. The molecule has 0 saturated carbocycles. The summed E-state index contributed by atoms with van der Waals surface area (Å²) in [4.78, 5) is 30.0. The Morgan fingerprint density at radius 1 is 1.41 bits per heavy atom. The van der Waals surface area contributed by atoms with E-state index in [1.165, 1.54) is 12.4 Å². The molecule has 2 aromatic rings. The Morgan fingerprint density at radius 2 is 2.23 bits per heavy atom. The highest BCUT2D eigenvalue weighted by atomic mass is 16.4. The fourth-order valence-electron chi connectivity index (χ4n) is 2.27. The van der Waals surface area contributed by atoms with E-state index in [9.17, 15) is 9.59 Å². The number of rotatable bonds is 4. The van der Waals surface area contributed by atoms with Crippen LogP contribution >= 0.6 is 0 Å². The van der Waals surface area contributed by atoms with Gasteiger partial charge in [-0.3, -0.25) is 9.48 Å². The average Bonchev–Trinajstić information content (AvgIpc) is 2.97. The molecule has 9 heteroatoms. The van der Waals surface area contributed by atoms with Crippen LogP contribution in [-0.2, 0) is 4.79 Å². The molecule has 0 spiro atoms. The minimum atomic E-state index is -1.15. The second-order valence-corrected chi connectivity index (χ2v) is 4.89. The Balaban J connectivity index is 1.75. The van der Waals surface area contributed by atoms with Crippen LogP contribution in [0.15, 0.2) is 24.8 Å². The predicted molar refractivity (Wildman–Crippen MR) is 75.8 cm³/mol. The Kier molecular flexibility index (Phi) is 3.69. The maximum atomic E-state index is 11.2. The summed E-state index contributed by atoms with van der Waals surface area (Å²) >= 11 is 0. The number of nitrogens with zero attached hydrogens (tertiary/aromatic N) is 4. The van der Waals surface area contributed by atoms with E-state index >= 15 is 0 Å². The maximum absolute atomic E-state index is 11.2. The fraction of sp³-hybridized carbons (Fsp3) is 0.308. The third kappa shape index (κ3) is 2.87. The molecule has 0 bridgehead atoms. The number of hydrogen-bond acceptors (Lipinski definition) is 6. The molecule has 114 valence electrons. The van der Waals surface area contributed by atoms with E-state index in [4.69, 9.17) is 5.11 Å². The van der Waals surface area contributed by atoms with Crippen molar-refractivity contribution in [3.8, 4) is 0 Å². The van der Waals surface area contributed by atoms with Crippen molar-refractivity contribution in [3.05, 3.63) is 30.5 Å². The molecule has 1 fully saturated rings. The van der Waals surface area contributed by atoms with Crippen molar-refractivity contribution >= 4 is 23.4 Å². The van der Waals surface area contributed by atoms with Gasteiger partial charge >= 0.3 is 5.97 Å². The van der Waals surface area contributed by atoms with Gasteiger partial charge in [0.05, 0.1) is 17.9 Å². The van der Waals surface area contributed by atoms with Crippen LogP contribution in [0, 0.1) is 0 Å². The molecule has 22 heavy (non-hydrogen) atoms. The van der Waals surface area contributed by atoms with E-state index in [1.54, 1.807) is 17.1 Å². The minimum absolute atomic E-state index is 0.0485.